The Kier molecular flexibility index (Phi) is 2.42. The van der Waals surface area contributed by atoms with Gasteiger partial charge in [0, 0.05) is 0 Å². The molecule has 0 unspecified atom stereocenters. The number of aromatic nitrogens is 2. The highest BCUT2D eigenvalue weighted by Gasteiger charge is 2.14. The molecule has 0 saturated carbocycles. The summed E-state index contributed by atoms with van der Waals surface area (Å²) in [6.07, 6.45) is 2.02. The van der Waals surface area contributed by atoms with Crippen molar-refractivity contribution in [2.75, 3.05) is 0 Å². The van der Waals surface area contributed by atoms with Crippen molar-refractivity contribution in [2.45, 2.75) is 0 Å². The molecule has 0 radical (unpaired) electrons. The molecule has 1 aromatic heterocycles. The van der Waals surface area contributed by atoms with E-state index in [4.69, 9.17) is 23.2 Å². The first-order valence-corrected chi connectivity index (χ1v) is 3.57. The molecule has 0 aliphatic rings. The number of hydrogen-bond acceptors (Lipinski definition) is 2. The monoisotopic (exact) mass is 191 g/mol. The fourth-order valence-corrected chi connectivity index (χ4v) is 1.03. The number of halogens is 2. The first-order chi connectivity index (χ1) is 5.16. The predicted octanol–water partition coefficient (Wildman–Crippen LogP) is 1.03. The minimum absolute atomic E-state index is 0.128. The molecule has 5 heteroatoms. The van der Waals surface area contributed by atoms with Crippen LogP contribution in [-0.2, 0) is 7.05 Å². The van der Waals surface area contributed by atoms with Gasteiger partial charge in [-0.25, -0.2) is 4.57 Å². The van der Waals surface area contributed by atoms with Crippen LogP contribution in [0.1, 0.15) is 10.4 Å². The van der Waals surface area contributed by atoms with Gasteiger partial charge in [-0.2, -0.15) is 0 Å². The van der Waals surface area contributed by atoms with E-state index in [9.17, 15) is 4.79 Å². The Morgan fingerprint density at radius 2 is 2.27 bits per heavy atom. The van der Waals surface area contributed by atoms with Crippen molar-refractivity contribution in [3.05, 3.63) is 22.2 Å². The number of rotatable bonds is 1. The molecular weight excluding hydrogens is 187 g/mol. The summed E-state index contributed by atoms with van der Waals surface area (Å²) in [4.78, 5) is 14.1. The number of carbonyl (C=O) groups is 1. The Labute approximate surface area is 73.6 Å². The van der Waals surface area contributed by atoms with E-state index in [2.05, 4.69) is 4.98 Å². The molecule has 11 heavy (non-hydrogen) atoms. The SMILES string of the molecule is C[n+]1cnc(Cl)c(C=O)c1Cl. The summed E-state index contributed by atoms with van der Waals surface area (Å²) in [6.45, 7) is 0. The first kappa shape index (κ1) is 8.43. The smallest absolute Gasteiger partial charge is 0.289 e. The summed E-state index contributed by atoms with van der Waals surface area (Å²) in [5.74, 6) is 0. The molecule has 0 aliphatic heterocycles. The van der Waals surface area contributed by atoms with Gasteiger partial charge in [-0.15, -0.1) is 0 Å². The number of hydrogen-bond donors (Lipinski definition) is 0. The topological polar surface area (TPSA) is 33.8 Å². The summed E-state index contributed by atoms with van der Waals surface area (Å²) in [5, 5.41) is 0.420. The van der Waals surface area contributed by atoms with Gasteiger partial charge in [0.15, 0.2) is 6.29 Å². The van der Waals surface area contributed by atoms with Crippen LogP contribution in [0.15, 0.2) is 6.33 Å². The van der Waals surface area contributed by atoms with Gasteiger partial charge in [0.2, 0.25) is 5.15 Å². The maximum atomic E-state index is 10.4. The van der Waals surface area contributed by atoms with Crippen LogP contribution in [0.5, 0.6) is 0 Å². The van der Waals surface area contributed by atoms with Crippen molar-refractivity contribution in [1.29, 1.82) is 0 Å². The maximum Gasteiger partial charge on any atom is 0.289 e. The molecule has 0 atom stereocenters. The molecule has 0 amide bonds. The third kappa shape index (κ3) is 1.49. The predicted molar refractivity (Wildman–Crippen MR) is 40.8 cm³/mol. The average Bonchev–Trinajstić information content (AvgIpc) is 1.99. The lowest BCUT2D eigenvalue weighted by molar-refractivity contribution is -0.672. The molecule has 0 aliphatic carbocycles. The standard InChI is InChI=1S/C6H5Cl2N2O/c1-10-3-9-5(7)4(2-11)6(10)8/h2-3H,1H3/q+1. The molecular formula is C6H5Cl2N2O+. The van der Waals surface area contributed by atoms with E-state index in [1.54, 1.807) is 7.05 Å². The molecule has 0 bridgehead atoms. The fraction of sp³-hybridized carbons (Fsp3) is 0.167. The zero-order valence-electron chi connectivity index (χ0n) is 5.71. The van der Waals surface area contributed by atoms with E-state index in [-0.39, 0.29) is 10.7 Å². The summed E-state index contributed by atoms with van der Waals surface area (Å²) in [6, 6.07) is 0. The molecule has 0 spiro atoms. The van der Waals surface area contributed by atoms with Crippen LogP contribution < -0.4 is 4.57 Å². The van der Waals surface area contributed by atoms with E-state index in [0.717, 1.165) is 0 Å². The number of nitrogens with zero attached hydrogens (tertiary/aromatic N) is 2. The van der Waals surface area contributed by atoms with Crippen molar-refractivity contribution in [2.24, 2.45) is 7.05 Å². The second kappa shape index (κ2) is 3.15. The van der Waals surface area contributed by atoms with Gasteiger partial charge in [0.25, 0.3) is 11.5 Å². The zero-order chi connectivity index (χ0) is 8.43. The lowest BCUT2D eigenvalue weighted by Gasteiger charge is -1.94. The molecule has 58 valence electrons. The van der Waals surface area contributed by atoms with E-state index in [0.29, 0.717) is 11.4 Å². The van der Waals surface area contributed by atoms with Crippen LogP contribution in [-0.4, -0.2) is 11.3 Å². The van der Waals surface area contributed by atoms with Gasteiger partial charge >= 0.3 is 0 Å². The van der Waals surface area contributed by atoms with Crippen LogP contribution in [0.3, 0.4) is 0 Å². The van der Waals surface area contributed by atoms with Crippen LogP contribution in [0.2, 0.25) is 10.3 Å². The quantitative estimate of drug-likeness (QED) is 0.378. The number of carbonyl (C=O) groups excluding carboxylic acids is 1. The number of aryl methyl sites for hydroxylation is 1. The minimum Gasteiger partial charge on any atom is -0.297 e. The zero-order valence-corrected chi connectivity index (χ0v) is 7.23. The lowest BCUT2D eigenvalue weighted by Crippen LogP contribution is -2.31. The number of aldehydes is 1. The summed E-state index contributed by atoms with van der Waals surface area (Å²) < 4.78 is 1.51. The van der Waals surface area contributed by atoms with E-state index >= 15 is 0 Å². The van der Waals surface area contributed by atoms with Gasteiger partial charge in [0.05, 0.1) is 7.05 Å². The van der Waals surface area contributed by atoms with Crippen LogP contribution in [0.4, 0.5) is 0 Å². The minimum atomic E-state index is 0.128. The van der Waals surface area contributed by atoms with Crippen molar-refractivity contribution in [1.82, 2.24) is 4.98 Å². The molecule has 1 aromatic rings. The normalized spacial score (nSPS) is 9.73. The summed E-state index contributed by atoms with van der Waals surface area (Å²) in [7, 11) is 1.68. The Balaban J connectivity index is 3.40. The molecule has 1 rings (SSSR count). The molecule has 0 N–H and O–H groups in total. The van der Waals surface area contributed by atoms with Gasteiger partial charge in [0.1, 0.15) is 5.56 Å². The van der Waals surface area contributed by atoms with Crippen LogP contribution in [0, 0.1) is 0 Å². The van der Waals surface area contributed by atoms with Crippen molar-refractivity contribution < 1.29 is 9.36 Å². The summed E-state index contributed by atoms with van der Waals surface area (Å²) >= 11 is 11.3. The second-order valence-corrected chi connectivity index (χ2v) is 2.68. The fourth-order valence-electron chi connectivity index (χ4n) is 0.630. The van der Waals surface area contributed by atoms with E-state index in [1.165, 1.54) is 10.9 Å². The Bertz CT molecular complexity index is 301. The Morgan fingerprint density at radius 1 is 1.64 bits per heavy atom. The van der Waals surface area contributed by atoms with E-state index < -0.39 is 0 Å². The highest BCUT2D eigenvalue weighted by Crippen LogP contribution is 2.15. The first-order valence-electron chi connectivity index (χ1n) is 2.81. The molecule has 0 fully saturated rings. The van der Waals surface area contributed by atoms with Crippen molar-refractivity contribution in [3.63, 3.8) is 0 Å². The molecule has 0 saturated heterocycles. The van der Waals surface area contributed by atoms with Gasteiger partial charge < -0.3 is 0 Å². The third-order valence-electron chi connectivity index (χ3n) is 1.22. The van der Waals surface area contributed by atoms with Gasteiger partial charge in [-0.3, -0.25) is 4.79 Å². The lowest BCUT2D eigenvalue weighted by atomic mass is 10.4. The molecule has 1 heterocycles. The summed E-state index contributed by atoms with van der Waals surface area (Å²) in [5.41, 5.74) is 0.221. The Hall–Kier alpha value is -0.670. The average molecular weight is 192 g/mol. The van der Waals surface area contributed by atoms with Gasteiger partial charge in [-0.1, -0.05) is 0 Å². The van der Waals surface area contributed by atoms with E-state index in [1.807, 2.05) is 0 Å². The third-order valence-corrected chi connectivity index (χ3v) is 1.99. The molecule has 0 aromatic carbocycles. The van der Waals surface area contributed by atoms with Crippen LogP contribution >= 0.6 is 23.2 Å². The highest BCUT2D eigenvalue weighted by atomic mass is 35.5. The Morgan fingerprint density at radius 3 is 2.73 bits per heavy atom. The van der Waals surface area contributed by atoms with Crippen LogP contribution in [0.25, 0.3) is 0 Å². The van der Waals surface area contributed by atoms with Gasteiger partial charge in [-0.05, 0) is 28.2 Å². The largest absolute Gasteiger partial charge is 0.297 e. The van der Waals surface area contributed by atoms with Crippen molar-refractivity contribution in [3.8, 4) is 0 Å². The highest BCUT2D eigenvalue weighted by molar-refractivity contribution is 6.36. The second-order valence-electron chi connectivity index (χ2n) is 1.97. The van der Waals surface area contributed by atoms with Crippen molar-refractivity contribution >= 4 is 29.5 Å². The maximum absolute atomic E-state index is 10.4. The molecule has 3 nitrogen and oxygen atoms in total.